The van der Waals surface area contributed by atoms with Gasteiger partial charge in [-0.15, -0.1) is 5.10 Å². The molecule has 0 amide bonds. The van der Waals surface area contributed by atoms with Gasteiger partial charge in [0.25, 0.3) is 0 Å². The summed E-state index contributed by atoms with van der Waals surface area (Å²) in [7, 11) is 0. The van der Waals surface area contributed by atoms with Crippen LogP contribution in [-0.4, -0.2) is 39.0 Å². The first-order valence-corrected chi connectivity index (χ1v) is 6.33. The molecular weight excluding hydrogens is 218 g/mol. The van der Waals surface area contributed by atoms with Crippen molar-refractivity contribution in [3.63, 3.8) is 0 Å². The van der Waals surface area contributed by atoms with E-state index in [-0.39, 0.29) is 11.6 Å². The molecule has 1 aromatic rings. The SMILES string of the molecule is CC1OCCC1(C)n1nnnc1CNC1CC1. The van der Waals surface area contributed by atoms with E-state index in [4.69, 9.17) is 4.74 Å². The van der Waals surface area contributed by atoms with Crippen LogP contribution in [-0.2, 0) is 16.8 Å². The van der Waals surface area contributed by atoms with Crippen LogP contribution < -0.4 is 5.32 Å². The summed E-state index contributed by atoms with van der Waals surface area (Å²) in [5.41, 5.74) is -0.107. The lowest BCUT2D eigenvalue weighted by Gasteiger charge is -2.28. The molecule has 0 aromatic carbocycles. The number of nitrogens with zero attached hydrogens (tertiary/aromatic N) is 4. The van der Waals surface area contributed by atoms with Crippen molar-refractivity contribution in [1.29, 1.82) is 0 Å². The maximum absolute atomic E-state index is 5.65. The third-order valence-corrected chi connectivity index (χ3v) is 4.00. The molecule has 6 heteroatoms. The molecule has 2 heterocycles. The van der Waals surface area contributed by atoms with Crippen molar-refractivity contribution in [2.24, 2.45) is 0 Å². The maximum Gasteiger partial charge on any atom is 0.165 e. The normalized spacial score (nSPS) is 33.2. The van der Waals surface area contributed by atoms with Gasteiger partial charge in [0.2, 0.25) is 0 Å². The predicted octanol–water partition coefficient (Wildman–Crippen LogP) is 0.449. The van der Waals surface area contributed by atoms with Gasteiger partial charge in [0.1, 0.15) is 0 Å². The first-order chi connectivity index (χ1) is 8.20. The van der Waals surface area contributed by atoms with Gasteiger partial charge in [-0.25, -0.2) is 4.68 Å². The van der Waals surface area contributed by atoms with Crippen LogP contribution in [0.5, 0.6) is 0 Å². The average molecular weight is 237 g/mol. The monoisotopic (exact) mass is 237 g/mol. The van der Waals surface area contributed by atoms with E-state index in [0.29, 0.717) is 6.04 Å². The largest absolute Gasteiger partial charge is 0.376 e. The van der Waals surface area contributed by atoms with E-state index in [1.807, 2.05) is 4.68 Å². The number of hydrogen-bond acceptors (Lipinski definition) is 5. The lowest BCUT2D eigenvalue weighted by Crippen LogP contribution is -2.39. The van der Waals surface area contributed by atoms with Crippen LogP contribution in [0.3, 0.4) is 0 Å². The van der Waals surface area contributed by atoms with Crippen molar-refractivity contribution >= 4 is 0 Å². The Morgan fingerprint density at radius 1 is 1.53 bits per heavy atom. The standard InChI is InChI=1S/C11H19N5O/c1-8-11(2,5-6-17-8)16-10(13-14-15-16)7-12-9-3-4-9/h8-9,12H,3-7H2,1-2H3. The van der Waals surface area contributed by atoms with Crippen LogP contribution in [0.2, 0.25) is 0 Å². The average Bonchev–Trinajstić information content (AvgIpc) is 2.91. The molecule has 2 aliphatic rings. The molecule has 1 aliphatic carbocycles. The summed E-state index contributed by atoms with van der Waals surface area (Å²) in [6.07, 6.45) is 3.68. The Hall–Kier alpha value is -1.01. The molecular formula is C11H19N5O. The Labute approximate surface area is 101 Å². The van der Waals surface area contributed by atoms with Gasteiger partial charge in [-0.05, 0) is 43.5 Å². The first-order valence-electron chi connectivity index (χ1n) is 6.33. The van der Waals surface area contributed by atoms with Crippen molar-refractivity contribution in [3.8, 4) is 0 Å². The molecule has 6 nitrogen and oxygen atoms in total. The highest BCUT2D eigenvalue weighted by atomic mass is 16.5. The zero-order valence-electron chi connectivity index (χ0n) is 10.4. The van der Waals surface area contributed by atoms with Gasteiger partial charge in [0.15, 0.2) is 5.82 Å². The number of rotatable bonds is 4. The summed E-state index contributed by atoms with van der Waals surface area (Å²) in [6.45, 7) is 5.79. The second-order valence-electron chi connectivity index (χ2n) is 5.28. The molecule has 17 heavy (non-hydrogen) atoms. The topological polar surface area (TPSA) is 64.9 Å². The molecule has 2 atom stereocenters. The van der Waals surface area contributed by atoms with Crippen molar-refractivity contribution < 1.29 is 4.74 Å². The van der Waals surface area contributed by atoms with Crippen molar-refractivity contribution in [2.75, 3.05) is 6.61 Å². The van der Waals surface area contributed by atoms with Gasteiger partial charge >= 0.3 is 0 Å². The Balaban J connectivity index is 1.79. The quantitative estimate of drug-likeness (QED) is 0.823. The third kappa shape index (κ3) is 1.95. The lowest BCUT2D eigenvalue weighted by molar-refractivity contribution is 0.0683. The number of aromatic nitrogens is 4. The Morgan fingerprint density at radius 2 is 2.35 bits per heavy atom. The number of nitrogens with one attached hydrogen (secondary N) is 1. The van der Waals surface area contributed by atoms with Gasteiger partial charge in [-0.2, -0.15) is 0 Å². The fourth-order valence-electron chi connectivity index (χ4n) is 2.34. The molecule has 1 N–H and O–H groups in total. The fourth-order valence-corrected chi connectivity index (χ4v) is 2.34. The van der Waals surface area contributed by atoms with Gasteiger partial charge < -0.3 is 10.1 Å². The molecule has 0 bridgehead atoms. The number of hydrogen-bond donors (Lipinski definition) is 1. The highest BCUT2D eigenvalue weighted by molar-refractivity contribution is 4.97. The summed E-state index contributed by atoms with van der Waals surface area (Å²) in [6, 6.07) is 0.671. The molecule has 2 fully saturated rings. The summed E-state index contributed by atoms with van der Waals surface area (Å²) in [5.74, 6) is 0.914. The second kappa shape index (κ2) is 4.03. The van der Waals surface area contributed by atoms with E-state index in [9.17, 15) is 0 Å². The van der Waals surface area contributed by atoms with Crippen molar-refractivity contribution in [3.05, 3.63) is 5.82 Å². The predicted molar refractivity (Wildman–Crippen MR) is 61.4 cm³/mol. The van der Waals surface area contributed by atoms with E-state index in [1.165, 1.54) is 12.8 Å². The van der Waals surface area contributed by atoms with Gasteiger partial charge in [-0.1, -0.05) is 0 Å². The maximum atomic E-state index is 5.65. The van der Waals surface area contributed by atoms with E-state index in [0.717, 1.165) is 25.4 Å². The minimum Gasteiger partial charge on any atom is -0.376 e. The molecule has 1 aromatic heterocycles. The van der Waals surface area contributed by atoms with Gasteiger partial charge in [0.05, 0.1) is 18.2 Å². The molecule has 94 valence electrons. The van der Waals surface area contributed by atoms with Gasteiger partial charge in [-0.3, -0.25) is 0 Å². The molecule has 0 radical (unpaired) electrons. The minimum absolute atomic E-state index is 0.107. The van der Waals surface area contributed by atoms with E-state index < -0.39 is 0 Å². The van der Waals surface area contributed by atoms with Crippen LogP contribution >= 0.6 is 0 Å². The van der Waals surface area contributed by atoms with E-state index in [2.05, 4.69) is 34.7 Å². The summed E-state index contributed by atoms with van der Waals surface area (Å²) < 4.78 is 7.59. The van der Waals surface area contributed by atoms with Crippen LogP contribution in [0.25, 0.3) is 0 Å². The Morgan fingerprint density at radius 3 is 3.00 bits per heavy atom. The van der Waals surface area contributed by atoms with E-state index >= 15 is 0 Å². The molecule has 2 unspecified atom stereocenters. The smallest absolute Gasteiger partial charge is 0.165 e. The van der Waals surface area contributed by atoms with E-state index in [1.54, 1.807) is 0 Å². The molecule has 1 saturated heterocycles. The summed E-state index contributed by atoms with van der Waals surface area (Å²) in [4.78, 5) is 0. The second-order valence-corrected chi connectivity index (χ2v) is 5.28. The zero-order valence-corrected chi connectivity index (χ0v) is 10.4. The molecule has 0 spiro atoms. The molecule has 1 aliphatic heterocycles. The zero-order chi connectivity index (χ0) is 11.9. The van der Waals surface area contributed by atoms with Crippen molar-refractivity contribution in [1.82, 2.24) is 25.5 Å². The molecule has 1 saturated carbocycles. The Kier molecular flexibility index (Phi) is 2.63. The van der Waals surface area contributed by atoms with Crippen LogP contribution in [0.15, 0.2) is 0 Å². The lowest BCUT2D eigenvalue weighted by atomic mass is 9.95. The highest BCUT2D eigenvalue weighted by Gasteiger charge is 2.41. The summed E-state index contributed by atoms with van der Waals surface area (Å²) >= 11 is 0. The first kappa shape index (κ1) is 11.1. The number of ether oxygens (including phenoxy) is 1. The molecule has 3 rings (SSSR count). The summed E-state index contributed by atoms with van der Waals surface area (Å²) in [5, 5.41) is 15.5. The fraction of sp³-hybridized carbons (Fsp3) is 0.909. The number of tetrazole rings is 1. The van der Waals surface area contributed by atoms with Gasteiger partial charge in [0, 0.05) is 12.6 Å². The van der Waals surface area contributed by atoms with Crippen LogP contribution in [0, 0.1) is 0 Å². The van der Waals surface area contributed by atoms with Crippen LogP contribution in [0.1, 0.15) is 38.9 Å². The third-order valence-electron chi connectivity index (χ3n) is 4.00. The van der Waals surface area contributed by atoms with Crippen LogP contribution in [0.4, 0.5) is 0 Å². The highest BCUT2D eigenvalue weighted by Crippen LogP contribution is 2.32. The van der Waals surface area contributed by atoms with Crippen molar-refractivity contribution in [2.45, 2.75) is 57.3 Å². The Bertz CT molecular complexity index is 402. The minimum atomic E-state index is -0.107.